The SMILES string of the molecule is COCCOc1c(-c2c(OC)cncc2OC)cc(C(=O)Cl)oc1=O. The Kier molecular flexibility index (Phi) is 6.37. The van der Waals surface area contributed by atoms with Gasteiger partial charge in [0.1, 0.15) is 18.1 Å². The topological polar surface area (TPSA) is 97.1 Å². The molecule has 0 saturated carbocycles. The van der Waals surface area contributed by atoms with Gasteiger partial charge in [-0.05, 0) is 17.7 Å². The maximum Gasteiger partial charge on any atom is 0.379 e. The number of methoxy groups -OCH3 is 3. The molecule has 9 heteroatoms. The van der Waals surface area contributed by atoms with E-state index in [0.29, 0.717) is 17.1 Å². The number of nitrogens with zero attached hydrogens (tertiary/aromatic N) is 1. The molecule has 134 valence electrons. The van der Waals surface area contributed by atoms with Gasteiger partial charge in [-0.2, -0.15) is 0 Å². The number of aromatic nitrogens is 1. The zero-order valence-electron chi connectivity index (χ0n) is 13.8. The van der Waals surface area contributed by atoms with Gasteiger partial charge in [0.2, 0.25) is 5.75 Å². The van der Waals surface area contributed by atoms with Crippen LogP contribution >= 0.6 is 11.6 Å². The third-order valence-electron chi connectivity index (χ3n) is 3.22. The lowest BCUT2D eigenvalue weighted by molar-refractivity contribution is 0.105. The van der Waals surface area contributed by atoms with E-state index in [4.69, 9.17) is 35.0 Å². The van der Waals surface area contributed by atoms with E-state index >= 15 is 0 Å². The Morgan fingerprint density at radius 3 is 2.32 bits per heavy atom. The summed E-state index contributed by atoms with van der Waals surface area (Å²) in [6.45, 7) is 0.345. The van der Waals surface area contributed by atoms with Crippen LogP contribution < -0.4 is 19.8 Å². The van der Waals surface area contributed by atoms with E-state index in [9.17, 15) is 9.59 Å². The summed E-state index contributed by atoms with van der Waals surface area (Å²) in [5.41, 5.74) is -0.259. The Labute approximate surface area is 148 Å². The van der Waals surface area contributed by atoms with Gasteiger partial charge in [-0.15, -0.1) is 0 Å². The van der Waals surface area contributed by atoms with Crippen molar-refractivity contribution in [3.05, 3.63) is 34.6 Å². The van der Waals surface area contributed by atoms with Crippen molar-refractivity contribution >= 4 is 16.8 Å². The van der Waals surface area contributed by atoms with Crippen LogP contribution in [0, 0.1) is 0 Å². The highest BCUT2D eigenvalue weighted by molar-refractivity contribution is 6.67. The molecule has 0 unspecified atom stereocenters. The minimum Gasteiger partial charge on any atom is -0.494 e. The van der Waals surface area contributed by atoms with Gasteiger partial charge in [0.25, 0.3) is 5.24 Å². The average Bonchev–Trinajstić information content (AvgIpc) is 2.61. The van der Waals surface area contributed by atoms with Crippen LogP contribution in [0.3, 0.4) is 0 Å². The lowest BCUT2D eigenvalue weighted by Crippen LogP contribution is -2.14. The van der Waals surface area contributed by atoms with E-state index in [1.165, 1.54) is 39.8 Å². The van der Waals surface area contributed by atoms with Gasteiger partial charge in [0.15, 0.2) is 5.76 Å². The van der Waals surface area contributed by atoms with E-state index < -0.39 is 10.9 Å². The molecule has 0 bridgehead atoms. The summed E-state index contributed by atoms with van der Waals surface area (Å²) in [5, 5.41) is -0.922. The van der Waals surface area contributed by atoms with E-state index in [-0.39, 0.29) is 30.3 Å². The molecule has 0 aliphatic rings. The quantitative estimate of drug-likeness (QED) is 0.515. The van der Waals surface area contributed by atoms with Gasteiger partial charge in [0, 0.05) is 12.7 Å². The summed E-state index contributed by atoms with van der Waals surface area (Å²) in [6.07, 6.45) is 2.88. The summed E-state index contributed by atoms with van der Waals surface area (Å²) in [7, 11) is 4.37. The van der Waals surface area contributed by atoms with Crippen LogP contribution in [0.15, 0.2) is 27.7 Å². The Hall–Kier alpha value is -2.58. The number of halogens is 1. The predicted molar refractivity (Wildman–Crippen MR) is 88.9 cm³/mol. The second kappa shape index (κ2) is 8.50. The summed E-state index contributed by atoms with van der Waals surface area (Å²) < 4.78 is 25.9. The molecule has 0 atom stereocenters. The van der Waals surface area contributed by atoms with Gasteiger partial charge in [-0.3, -0.25) is 9.78 Å². The molecule has 0 aromatic carbocycles. The van der Waals surface area contributed by atoms with Crippen molar-refractivity contribution in [2.45, 2.75) is 0 Å². The first-order valence-electron chi connectivity index (χ1n) is 7.09. The fraction of sp³-hybridized carbons (Fsp3) is 0.312. The largest absolute Gasteiger partial charge is 0.494 e. The Morgan fingerprint density at radius 2 is 1.80 bits per heavy atom. The first kappa shape index (κ1) is 18.8. The lowest BCUT2D eigenvalue weighted by Gasteiger charge is -2.15. The van der Waals surface area contributed by atoms with Crippen LogP contribution in [0.2, 0.25) is 0 Å². The smallest absolute Gasteiger partial charge is 0.379 e. The molecule has 0 spiro atoms. The molecule has 2 rings (SSSR count). The molecule has 2 aromatic rings. The van der Waals surface area contributed by atoms with E-state index in [1.54, 1.807) is 0 Å². The molecular formula is C16H16ClNO7. The molecule has 25 heavy (non-hydrogen) atoms. The minimum absolute atomic E-state index is 0.0954. The third-order valence-corrected chi connectivity index (χ3v) is 3.41. The van der Waals surface area contributed by atoms with Crippen molar-refractivity contribution in [2.24, 2.45) is 0 Å². The highest BCUT2D eigenvalue weighted by Gasteiger charge is 2.23. The molecule has 0 aliphatic carbocycles. The first-order valence-corrected chi connectivity index (χ1v) is 7.47. The van der Waals surface area contributed by atoms with Crippen molar-refractivity contribution in [1.82, 2.24) is 4.98 Å². The highest BCUT2D eigenvalue weighted by Crippen LogP contribution is 2.41. The van der Waals surface area contributed by atoms with Crippen LogP contribution in [-0.4, -0.2) is 44.8 Å². The molecular weight excluding hydrogens is 354 g/mol. The summed E-state index contributed by atoms with van der Waals surface area (Å²) in [6, 6.07) is 1.29. The molecule has 8 nitrogen and oxygen atoms in total. The molecule has 0 saturated heterocycles. The molecule has 0 aliphatic heterocycles. The number of hydrogen-bond acceptors (Lipinski definition) is 8. The van der Waals surface area contributed by atoms with Gasteiger partial charge in [-0.25, -0.2) is 4.79 Å². The minimum atomic E-state index is -0.922. The standard InChI is InChI=1S/C16H16ClNO7/c1-21-4-5-24-14-9(6-10(15(17)19)25-16(14)20)13-11(22-2)7-18-8-12(13)23-3/h6-8H,4-5H2,1-3H3. The van der Waals surface area contributed by atoms with Crippen LogP contribution in [0.4, 0.5) is 0 Å². The molecule has 0 amide bonds. The Bertz CT molecular complexity index is 796. The zero-order valence-corrected chi connectivity index (χ0v) is 14.6. The van der Waals surface area contributed by atoms with Gasteiger partial charge >= 0.3 is 5.63 Å². The summed E-state index contributed by atoms with van der Waals surface area (Å²) in [4.78, 5) is 27.7. The maximum atomic E-state index is 12.3. The normalized spacial score (nSPS) is 10.4. The van der Waals surface area contributed by atoms with E-state index in [1.807, 2.05) is 0 Å². The van der Waals surface area contributed by atoms with Gasteiger partial charge in [-0.1, -0.05) is 0 Å². The van der Waals surface area contributed by atoms with E-state index in [0.717, 1.165) is 0 Å². The fourth-order valence-corrected chi connectivity index (χ4v) is 2.22. The lowest BCUT2D eigenvalue weighted by atomic mass is 10.0. The molecule has 2 aromatic heterocycles. The summed E-state index contributed by atoms with van der Waals surface area (Å²) >= 11 is 5.45. The highest BCUT2D eigenvalue weighted by atomic mass is 35.5. The van der Waals surface area contributed by atoms with E-state index in [2.05, 4.69) is 4.98 Å². The van der Waals surface area contributed by atoms with Crippen molar-refractivity contribution < 1.29 is 28.2 Å². The summed E-state index contributed by atoms with van der Waals surface area (Å²) in [5.74, 6) is 0.173. The second-order valence-corrected chi connectivity index (χ2v) is 5.02. The first-order chi connectivity index (χ1) is 12.0. The number of rotatable bonds is 8. The number of carbonyl (C=O) groups excluding carboxylic acids is 1. The number of pyridine rings is 1. The maximum absolute atomic E-state index is 12.3. The monoisotopic (exact) mass is 369 g/mol. The average molecular weight is 370 g/mol. The Balaban J connectivity index is 2.73. The molecule has 2 heterocycles. The van der Waals surface area contributed by atoms with Crippen molar-refractivity contribution in [2.75, 3.05) is 34.5 Å². The molecule has 0 radical (unpaired) electrons. The van der Waals surface area contributed by atoms with Crippen LogP contribution in [0.5, 0.6) is 17.2 Å². The zero-order chi connectivity index (χ0) is 18.4. The predicted octanol–water partition coefficient (Wildman–Crippen LogP) is 2.12. The number of hydrogen-bond donors (Lipinski definition) is 0. The van der Waals surface area contributed by atoms with Crippen LogP contribution in [-0.2, 0) is 4.74 Å². The van der Waals surface area contributed by atoms with Crippen molar-refractivity contribution in [3.8, 4) is 28.4 Å². The number of carbonyl (C=O) groups is 1. The van der Waals surface area contributed by atoms with Gasteiger partial charge < -0.3 is 23.4 Å². The number of ether oxygens (including phenoxy) is 4. The van der Waals surface area contributed by atoms with Crippen LogP contribution in [0.25, 0.3) is 11.1 Å². The second-order valence-electron chi connectivity index (χ2n) is 4.67. The van der Waals surface area contributed by atoms with Crippen LogP contribution in [0.1, 0.15) is 10.6 Å². The molecule has 0 N–H and O–H groups in total. The molecule has 0 fully saturated rings. The fourth-order valence-electron chi connectivity index (χ4n) is 2.13. The Morgan fingerprint density at radius 1 is 1.16 bits per heavy atom. The van der Waals surface area contributed by atoms with Crippen molar-refractivity contribution in [3.63, 3.8) is 0 Å². The third kappa shape index (κ3) is 4.09. The van der Waals surface area contributed by atoms with Gasteiger partial charge in [0.05, 0.1) is 38.8 Å². The van der Waals surface area contributed by atoms with Crippen molar-refractivity contribution in [1.29, 1.82) is 0 Å².